The van der Waals surface area contributed by atoms with E-state index in [0.29, 0.717) is 12.1 Å². The van der Waals surface area contributed by atoms with Gasteiger partial charge in [0.25, 0.3) is 0 Å². The predicted molar refractivity (Wildman–Crippen MR) is 66.3 cm³/mol. The van der Waals surface area contributed by atoms with Crippen LogP contribution in [0.3, 0.4) is 0 Å². The number of hydrogen-bond donors (Lipinski definition) is 2. The number of nitrogens with zero attached hydrogens (tertiary/aromatic N) is 1. The van der Waals surface area contributed by atoms with Crippen molar-refractivity contribution < 1.29 is 5.11 Å². The van der Waals surface area contributed by atoms with Crippen molar-refractivity contribution in [2.24, 2.45) is 5.92 Å². The highest BCUT2D eigenvalue weighted by molar-refractivity contribution is 5.32. The van der Waals surface area contributed by atoms with Crippen molar-refractivity contribution in [1.29, 1.82) is 5.26 Å². The lowest BCUT2D eigenvalue weighted by atomic mass is 9.85. The Labute approximate surface area is 102 Å². The van der Waals surface area contributed by atoms with E-state index >= 15 is 0 Å². The number of aliphatic hydroxyl groups is 1. The van der Waals surface area contributed by atoms with E-state index in [0.717, 1.165) is 18.0 Å². The Kier molecular flexibility index (Phi) is 4.13. The monoisotopic (exact) mass is 230 g/mol. The van der Waals surface area contributed by atoms with E-state index in [2.05, 4.69) is 11.4 Å². The van der Waals surface area contributed by atoms with Crippen molar-refractivity contribution in [3.63, 3.8) is 0 Å². The molecule has 3 nitrogen and oxygen atoms in total. The smallest absolute Gasteiger partial charge is 0.0991 e. The average molecular weight is 230 g/mol. The van der Waals surface area contributed by atoms with Crippen molar-refractivity contribution >= 4 is 0 Å². The molecule has 1 unspecified atom stereocenters. The van der Waals surface area contributed by atoms with E-state index in [9.17, 15) is 5.11 Å². The molecule has 0 radical (unpaired) electrons. The first kappa shape index (κ1) is 12.1. The number of benzene rings is 1. The quantitative estimate of drug-likeness (QED) is 0.813. The lowest BCUT2D eigenvalue weighted by molar-refractivity contribution is 0.168. The van der Waals surface area contributed by atoms with Crippen LogP contribution in [0.2, 0.25) is 0 Å². The van der Waals surface area contributed by atoms with Crippen LogP contribution in [0.5, 0.6) is 0 Å². The maximum Gasteiger partial charge on any atom is 0.0991 e. The molecule has 0 aromatic heterocycles. The molecule has 1 aromatic carbocycles. The number of aliphatic hydroxyl groups excluding tert-OH is 1. The number of rotatable bonds is 5. The minimum absolute atomic E-state index is 0.484. The van der Waals surface area contributed by atoms with Gasteiger partial charge in [0.1, 0.15) is 0 Å². The fourth-order valence-corrected chi connectivity index (χ4v) is 2.02. The van der Waals surface area contributed by atoms with Gasteiger partial charge in [-0.05, 0) is 43.0 Å². The lowest BCUT2D eigenvalue weighted by Crippen LogP contribution is -2.30. The van der Waals surface area contributed by atoms with Gasteiger partial charge in [-0.1, -0.05) is 18.6 Å². The third-order valence-corrected chi connectivity index (χ3v) is 3.42. The summed E-state index contributed by atoms with van der Waals surface area (Å²) < 4.78 is 0. The van der Waals surface area contributed by atoms with E-state index in [1.807, 2.05) is 12.1 Å². The highest BCUT2D eigenvalue weighted by atomic mass is 16.3. The Balaban J connectivity index is 1.77. The molecule has 0 amide bonds. The molecule has 1 fully saturated rings. The van der Waals surface area contributed by atoms with Crippen LogP contribution in [-0.4, -0.2) is 18.2 Å². The third-order valence-electron chi connectivity index (χ3n) is 3.42. The van der Waals surface area contributed by atoms with Crippen LogP contribution < -0.4 is 5.32 Å². The van der Waals surface area contributed by atoms with Gasteiger partial charge >= 0.3 is 0 Å². The molecule has 0 aliphatic heterocycles. The van der Waals surface area contributed by atoms with Crippen LogP contribution in [0.15, 0.2) is 24.3 Å². The molecule has 0 bridgehead atoms. The number of nitrogens with one attached hydrogen (secondary N) is 1. The van der Waals surface area contributed by atoms with Crippen LogP contribution in [0.4, 0.5) is 0 Å². The molecular weight excluding hydrogens is 212 g/mol. The lowest BCUT2D eigenvalue weighted by Gasteiger charge is -2.26. The summed E-state index contributed by atoms with van der Waals surface area (Å²) >= 11 is 0. The molecule has 0 heterocycles. The Morgan fingerprint density at radius 3 is 2.59 bits per heavy atom. The fraction of sp³-hybridized carbons (Fsp3) is 0.500. The number of hydrogen-bond acceptors (Lipinski definition) is 3. The summed E-state index contributed by atoms with van der Waals surface area (Å²) in [6, 6.07) is 9.18. The third kappa shape index (κ3) is 3.29. The zero-order chi connectivity index (χ0) is 12.1. The summed E-state index contributed by atoms with van der Waals surface area (Å²) in [4.78, 5) is 0. The Hall–Kier alpha value is -1.37. The molecule has 3 heteroatoms. The summed E-state index contributed by atoms with van der Waals surface area (Å²) in [5, 5.41) is 21.9. The standard InChI is InChI=1S/C14H18N2O/c15-8-11-4-6-13(7-5-11)14(17)10-16-9-12-2-1-3-12/h4-7,12,14,16-17H,1-3,9-10H2. The zero-order valence-electron chi connectivity index (χ0n) is 9.89. The van der Waals surface area contributed by atoms with Gasteiger partial charge in [0.2, 0.25) is 0 Å². The first-order valence-electron chi connectivity index (χ1n) is 6.18. The molecule has 1 saturated carbocycles. The van der Waals surface area contributed by atoms with Gasteiger partial charge < -0.3 is 10.4 Å². The molecule has 17 heavy (non-hydrogen) atoms. The molecule has 2 rings (SSSR count). The van der Waals surface area contributed by atoms with E-state index in [-0.39, 0.29) is 0 Å². The Bertz CT molecular complexity index is 390. The maximum atomic E-state index is 9.94. The summed E-state index contributed by atoms with van der Waals surface area (Å²) in [6.45, 7) is 1.59. The summed E-state index contributed by atoms with van der Waals surface area (Å²) in [5.74, 6) is 0.808. The average Bonchev–Trinajstić information content (AvgIpc) is 2.32. The van der Waals surface area contributed by atoms with E-state index < -0.39 is 6.10 Å². The van der Waals surface area contributed by atoms with Crippen molar-refractivity contribution in [3.05, 3.63) is 35.4 Å². The molecular formula is C14H18N2O. The maximum absolute atomic E-state index is 9.94. The van der Waals surface area contributed by atoms with E-state index in [1.54, 1.807) is 12.1 Å². The largest absolute Gasteiger partial charge is 0.387 e. The van der Waals surface area contributed by atoms with Crippen molar-refractivity contribution in [2.75, 3.05) is 13.1 Å². The van der Waals surface area contributed by atoms with E-state index in [1.165, 1.54) is 19.3 Å². The SMILES string of the molecule is N#Cc1ccc(C(O)CNCC2CCC2)cc1. The van der Waals surface area contributed by atoms with Crippen LogP contribution in [0.25, 0.3) is 0 Å². The summed E-state index contributed by atoms with van der Waals surface area (Å²) in [6.07, 6.45) is 3.51. The van der Waals surface area contributed by atoms with Gasteiger partial charge in [0.05, 0.1) is 17.7 Å². The molecule has 1 aliphatic carbocycles. The predicted octanol–water partition coefficient (Wildman–Crippen LogP) is 1.98. The molecule has 90 valence electrons. The van der Waals surface area contributed by atoms with Crippen LogP contribution in [-0.2, 0) is 0 Å². The first-order valence-corrected chi connectivity index (χ1v) is 6.18. The van der Waals surface area contributed by atoms with Crippen molar-refractivity contribution in [2.45, 2.75) is 25.4 Å². The summed E-state index contributed by atoms with van der Waals surface area (Å²) in [7, 11) is 0. The molecule has 1 aromatic rings. The minimum Gasteiger partial charge on any atom is -0.387 e. The van der Waals surface area contributed by atoms with Gasteiger partial charge in [-0.15, -0.1) is 0 Å². The Morgan fingerprint density at radius 1 is 1.35 bits per heavy atom. The topological polar surface area (TPSA) is 56.0 Å². The van der Waals surface area contributed by atoms with Crippen molar-refractivity contribution in [1.82, 2.24) is 5.32 Å². The fourth-order valence-electron chi connectivity index (χ4n) is 2.02. The second-order valence-electron chi connectivity index (χ2n) is 4.70. The normalized spacial score (nSPS) is 17.2. The minimum atomic E-state index is -0.484. The van der Waals surface area contributed by atoms with Gasteiger partial charge in [0.15, 0.2) is 0 Å². The van der Waals surface area contributed by atoms with Gasteiger partial charge in [0, 0.05) is 6.54 Å². The second kappa shape index (κ2) is 5.81. The van der Waals surface area contributed by atoms with Gasteiger partial charge in [-0.2, -0.15) is 5.26 Å². The van der Waals surface area contributed by atoms with Gasteiger partial charge in [-0.3, -0.25) is 0 Å². The highest BCUT2D eigenvalue weighted by Crippen LogP contribution is 2.25. The zero-order valence-corrected chi connectivity index (χ0v) is 9.89. The van der Waals surface area contributed by atoms with Crippen LogP contribution >= 0.6 is 0 Å². The van der Waals surface area contributed by atoms with Crippen LogP contribution in [0.1, 0.15) is 36.5 Å². The van der Waals surface area contributed by atoms with Crippen LogP contribution in [0, 0.1) is 17.2 Å². The second-order valence-corrected chi connectivity index (χ2v) is 4.70. The Morgan fingerprint density at radius 2 is 2.06 bits per heavy atom. The molecule has 1 aliphatic rings. The molecule has 2 N–H and O–H groups in total. The molecule has 1 atom stereocenters. The van der Waals surface area contributed by atoms with Crippen molar-refractivity contribution in [3.8, 4) is 6.07 Å². The van der Waals surface area contributed by atoms with E-state index in [4.69, 9.17) is 5.26 Å². The summed E-state index contributed by atoms with van der Waals surface area (Å²) in [5.41, 5.74) is 1.49. The number of nitriles is 1. The van der Waals surface area contributed by atoms with Gasteiger partial charge in [-0.25, -0.2) is 0 Å². The molecule has 0 spiro atoms. The highest BCUT2D eigenvalue weighted by Gasteiger charge is 2.17. The molecule has 0 saturated heterocycles. The first-order chi connectivity index (χ1) is 8.29.